The molecule has 3 aromatic rings. The summed E-state index contributed by atoms with van der Waals surface area (Å²) in [4.78, 5) is 28.8. The van der Waals surface area contributed by atoms with E-state index in [1.54, 1.807) is 36.4 Å². The molecular formula is C31H38ClN3O4S. The quantitative estimate of drug-likeness (QED) is 0.250. The van der Waals surface area contributed by atoms with Gasteiger partial charge in [0.25, 0.3) is 10.0 Å². The molecule has 2 amide bonds. The van der Waals surface area contributed by atoms with Gasteiger partial charge in [0.2, 0.25) is 11.8 Å². The Hall–Kier alpha value is -3.36. The average molecular weight is 584 g/mol. The van der Waals surface area contributed by atoms with Crippen LogP contribution in [0.1, 0.15) is 44.2 Å². The Morgan fingerprint density at radius 1 is 0.925 bits per heavy atom. The number of nitrogens with zero attached hydrogens (tertiary/aromatic N) is 2. The molecular weight excluding hydrogens is 546 g/mol. The van der Waals surface area contributed by atoms with Crippen molar-refractivity contribution < 1.29 is 18.0 Å². The first-order valence-electron chi connectivity index (χ1n) is 13.6. The second-order valence-corrected chi connectivity index (χ2v) is 11.9. The van der Waals surface area contributed by atoms with Crippen molar-refractivity contribution in [1.29, 1.82) is 0 Å². The number of carbonyl (C=O) groups is 2. The fraction of sp³-hybridized carbons (Fsp3) is 0.355. The fourth-order valence-electron chi connectivity index (χ4n) is 4.41. The maximum absolute atomic E-state index is 14.0. The van der Waals surface area contributed by atoms with Gasteiger partial charge in [-0.25, -0.2) is 8.42 Å². The maximum atomic E-state index is 14.0. The van der Waals surface area contributed by atoms with Gasteiger partial charge in [-0.15, -0.1) is 0 Å². The van der Waals surface area contributed by atoms with Gasteiger partial charge in [0, 0.05) is 13.1 Å². The molecule has 214 valence electrons. The Kier molecular flexibility index (Phi) is 11.6. The maximum Gasteiger partial charge on any atom is 0.264 e. The summed E-state index contributed by atoms with van der Waals surface area (Å²) in [6, 6.07) is 21.9. The number of sulfonamides is 1. The zero-order chi connectivity index (χ0) is 29.1. The number of hydrogen-bond acceptors (Lipinski definition) is 4. The van der Waals surface area contributed by atoms with Crippen LogP contribution in [0.5, 0.6) is 0 Å². The first kappa shape index (κ1) is 31.2. The minimum Gasteiger partial charge on any atom is -0.354 e. The van der Waals surface area contributed by atoms with Crippen LogP contribution >= 0.6 is 11.6 Å². The Morgan fingerprint density at radius 2 is 1.57 bits per heavy atom. The number of anilines is 1. The molecule has 0 aliphatic rings. The lowest BCUT2D eigenvalue weighted by Gasteiger charge is -2.33. The first-order chi connectivity index (χ1) is 19.2. The van der Waals surface area contributed by atoms with Gasteiger partial charge in [-0.05, 0) is 56.0 Å². The summed E-state index contributed by atoms with van der Waals surface area (Å²) in [5.74, 6) is -0.730. The highest BCUT2D eigenvalue weighted by atomic mass is 35.5. The molecule has 1 atom stereocenters. The topological polar surface area (TPSA) is 86.8 Å². The van der Waals surface area contributed by atoms with Gasteiger partial charge >= 0.3 is 0 Å². The zero-order valence-corrected chi connectivity index (χ0v) is 24.9. The molecule has 0 saturated carbocycles. The summed E-state index contributed by atoms with van der Waals surface area (Å²) < 4.78 is 28.8. The third-order valence-corrected chi connectivity index (χ3v) is 8.80. The van der Waals surface area contributed by atoms with Gasteiger partial charge < -0.3 is 10.2 Å². The SMILES string of the molecule is CCCCNC(=O)C(CC)N(CCc1ccccc1)C(=O)CN(c1ccccc1Cl)S(=O)(=O)c1ccc(C)cc1. The molecule has 0 saturated heterocycles. The van der Waals surface area contributed by atoms with Crippen LogP contribution in [0, 0.1) is 6.92 Å². The first-order valence-corrected chi connectivity index (χ1v) is 15.5. The van der Waals surface area contributed by atoms with Gasteiger partial charge in [-0.1, -0.05) is 92.0 Å². The second-order valence-electron chi connectivity index (χ2n) is 9.67. The van der Waals surface area contributed by atoms with Crippen LogP contribution < -0.4 is 9.62 Å². The number of hydrogen-bond donors (Lipinski definition) is 1. The van der Waals surface area contributed by atoms with Crippen molar-refractivity contribution in [3.8, 4) is 0 Å². The van der Waals surface area contributed by atoms with Crippen molar-refractivity contribution in [3.05, 3.63) is 95.0 Å². The van der Waals surface area contributed by atoms with E-state index in [2.05, 4.69) is 5.32 Å². The van der Waals surface area contributed by atoms with Crippen LogP contribution in [0.2, 0.25) is 5.02 Å². The molecule has 7 nitrogen and oxygen atoms in total. The average Bonchev–Trinajstić information content (AvgIpc) is 2.95. The smallest absolute Gasteiger partial charge is 0.264 e. The van der Waals surface area contributed by atoms with E-state index in [4.69, 9.17) is 11.6 Å². The largest absolute Gasteiger partial charge is 0.354 e. The van der Waals surface area contributed by atoms with Crippen LogP contribution in [0.25, 0.3) is 0 Å². The van der Waals surface area contributed by atoms with Crippen molar-refractivity contribution in [2.45, 2.75) is 57.4 Å². The Balaban J connectivity index is 1.99. The standard InChI is InChI=1S/C31H38ClN3O4S/c1-4-6-21-33-31(37)28(5-2)34(22-20-25-12-8-7-9-13-25)30(36)23-35(29-15-11-10-14-27(29)32)40(38,39)26-18-16-24(3)17-19-26/h7-19,28H,4-6,20-23H2,1-3H3,(H,33,37). The lowest BCUT2D eigenvalue weighted by molar-refractivity contribution is -0.139. The third kappa shape index (κ3) is 8.08. The van der Waals surface area contributed by atoms with E-state index in [0.29, 0.717) is 19.4 Å². The number of benzene rings is 3. The Bertz CT molecular complexity index is 1360. The second kappa shape index (κ2) is 14.9. The number of halogens is 1. The summed E-state index contributed by atoms with van der Waals surface area (Å²) in [6.45, 7) is 6.02. The lowest BCUT2D eigenvalue weighted by atomic mass is 10.1. The zero-order valence-electron chi connectivity index (χ0n) is 23.3. The van der Waals surface area contributed by atoms with Crippen molar-refractivity contribution in [1.82, 2.24) is 10.2 Å². The number of unbranched alkanes of at least 4 members (excludes halogenated alkanes) is 1. The molecule has 1 N–H and O–H groups in total. The molecule has 0 bridgehead atoms. The molecule has 3 rings (SSSR count). The molecule has 0 heterocycles. The van der Waals surface area contributed by atoms with Crippen LogP contribution in [-0.4, -0.2) is 50.8 Å². The van der Waals surface area contributed by atoms with Gasteiger partial charge in [-0.2, -0.15) is 0 Å². The molecule has 0 radical (unpaired) electrons. The Morgan fingerprint density at radius 3 is 2.20 bits per heavy atom. The van der Waals surface area contributed by atoms with E-state index in [9.17, 15) is 18.0 Å². The summed E-state index contributed by atoms with van der Waals surface area (Å²) in [5, 5.41) is 3.14. The van der Waals surface area contributed by atoms with E-state index < -0.39 is 28.5 Å². The number of amides is 2. The van der Waals surface area contributed by atoms with Crippen molar-refractivity contribution in [3.63, 3.8) is 0 Å². The highest BCUT2D eigenvalue weighted by molar-refractivity contribution is 7.92. The van der Waals surface area contributed by atoms with Gasteiger partial charge in [-0.3, -0.25) is 13.9 Å². The summed E-state index contributed by atoms with van der Waals surface area (Å²) in [7, 11) is -4.16. The predicted octanol–water partition coefficient (Wildman–Crippen LogP) is 5.61. The van der Waals surface area contributed by atoms with Crippen molar-refractivity contribution >= 4 is 39.1 Å². The summed E-state index contributed by atoms with van der Waals surface area (Å²) in [5.41, 5.74) is 2.12. The molecule has 9 heteroatoms. The normalized spacial score (nSPS) is 12.0. The minimum absolute atomic E-state index is 0.0472. The Labute approximate surface area is 243 Å². The predicted molar refractivity (Wildman–Crippen MR) is 161 cm³/mol. The van der Waals surface area contributed by atoms with Gasteiger partial charge in [0.1, 0.15) is 12.6 Å². The molecule has 0 aromatic heterocycles. The highest BCUT2D eigenvalue weighted by Crippen LogP contribution is 2.30. The minimum atomic E-state index is -4.16. The fourth-order valence-corrected chi connectivity index (χ4v) is 6.13. The van der Waals surface area contributed by atoms with E-state index >= 15 is 0 Å². The third-order valence-electron chi connectivity index (χ3n) is 6.71. The molecule has 1 unspecified atom stereocenters. The van der Waals surface area contributed by atoms with Crippen LogP contribution in [0.3, 0.4) is 0 Å². The van der Waals surface area contributed by atoms with E-state index in [0.717, 1.165) is 28.3 Å². The van der Waals surface area contributed by atoms with E-state index in [1.165, 1.54) is 17.0 Å². The summed E-state index contributed by atoms with van der Waals surface area (Å²) in [6.07, 6.45) is 2.66. The number of para-hydroxylation sites is 1. The van der Waals surface area contributed by atoms with E-state index in [-0.39, 0.29) is 28.1 Å². The van der Waals surface area contributed by atoms with Crippen molar-refractivity contribution in [2.24, 2.45) is 0 Å². The van der Waals surface area contributed by atoms with Crippen LogP contribution in [-0.2, 0) is 26.0 Å². The highest BCUT2D eigenvalue weighted by Gasteiger charge is 2.34. The molecule has 3 aromatic carbocycles. The van der Waals surface area contributed by atoms with Crippen molar-refractivity contribution in [2.75, 3.05) is 23.9 Å². The molecule has 0 aliphatic heterocycles. The molecule has 0 aliphatic carbocycles. The molecule has 40 heavy (non-hydrogen) atoms. The lowest BCUT2D eigenvalue weighted by Crippen LogP contribution is -2.53. The number of carbonyl (C=O) groups excluding carboxylic acids is 2. The van der Waals surface area contributed by atoms with Gasteiger partial charge in [0.05, 0.1) is 15.6 Å². The number of rotatable bonds is 14. The number of nitrogens with one attached hydrogen (secondary N) is 1. The number of aryl methyl sites for hydroxylation is 1. The van der Waals surface area contributed by atoms with Crippen LogP contribution in [0.15, 0.2) is 83.8 Å². The van der Waals surface area contributed by atoms with Crippen LogP contribution in [0.4, 0.5) is 5.69 Å². The van der Waals surface area contributed by atoms with Gasteiger partial charge in [0.15, 0.2) is 0 Å². The molecule has 0 fully saturated rings. The van der Waals surface area contributed by atoms with E-state index in [1.807, 2.05) is 51.1 Å². The summed E-state index contributed by atoms with van der Waals surface area (Å²) >= 11 is 6.46. The monoisotopic (exact) mass is 583 g/mol. The molecule has 0 spiro atoms.